The van der Waals surface area contributed by atoms with Crippen LogP contribution in [0.3, 0.4) is 0 Å². The van der Waals surface area contributed by atoms with Gasteiger partial charge in [0.05, 0.1) is 0 Å². The molecule has 0 aromatic heterocycles. The monoisotopic (exact) mass is 291 g/mol. The van der Waals surface area contributed by atoms with Crippen LogP contribution in [0.2, 0.25) is 0 Å². The summed E-state index contributed by atoms with van der Waals surface area (Å²) in [5.41, 5.74) is 0. The van der Waals surface area contributed by atoms with Gasteiger partial charge in [0.2, 0.25) is 0 Å². The lowest BCUT2D eigenvalue weighted by Gasteiger charge is -1.93. The molecule has 0 fully saturated rings. The van der Waals surface area contributed by atoms with Crippen LogP contribution in [0.1, 0.15) is 6.42 Å². The van der Waals surface area contributed by atoms with Crippen molar-refractivity contribution in [2.24, 2.45) is 0 Å². The van der Waals surface area contributed by atoms with Crippen LogP contribution in [0, 0.1) is 6.42 Å². The van der Waals surface area contributed by atoms with Gasteiger partial charge in [-0.25, -0.2) is 4.39 Å². The summed E-state index contributed by atoms with van der Waals surface area (Å²) in [6, 6.07) is 0. The molecule has 0 aliphatic carbocycles. The van der Waals surface area contributed by atoms with Crippen LogP contribution in [-0.4, -0.2) is 0 Å². The van der Waals surface area contributed by atoms with Crippen LogP contribution >= 0.6 is 31.9 Å². The third-order valence-electron chi connectivity index (χ3n) is 0.775. The fourth-order valence-electron chi connectivity index (χ4n) is 0.309. The van der Waals surface area contributed by atoms with Crippen molar-refractivity contribution in [1.29, 1.82) is 0 Å². The number of rotatable bonds is 3. The van der Waals surface area contributed by atoms with Gasteiger partial charge < -0.3 is 0 Å². The number of hydrogen-bond acceptors (Lipinski definition) is 0. The molecule has 0 aliphatic rings. The first-order chi connectivity index (χ1) is 5.07. The molecular formula is C6H4Br2F3. The molecule has 0 saturated carbocycles. The van der Waals surface area contributed by atoms with Crippen molar-refractivity contribution >= 4 is 31.9 Å². The maximum Gasteiger partial charge on any atom is 0.301 e. The highest BCUT2D eigenvalue weighted by atomic mass is 79.9. The number of allylic oxidation sites excluding steroid dienone is 2. The van der Waals surface area contributed by atoms with Gasteiger partial charge >= 0.3 is 6.08 Å². The van der Waals surface area contributed by atoms with E-state index in [1.165, 1.54) is 4.99 Å². The highest BCUT2D eigenvalue weighted by molar-refractivity contribution is 9.14. The molecule has 0 saturated heterocycles. The van der Waals surface area contributed by atoms with Crippen LogP contribution in [0.5, 0.6) is 0 Å². The summed E-state index contributed by atoms with van der Waals surface area (Å²) in [6.45, 7) is 0. The van der Waals surface area contributed by atoms with Gasteiger partial charge in [0, 0.05) is 10.9 Å². The molecule has 11 heavy (non-hydrogen) atoms. The molecule has 63 valence electrons. The minimum Gasteiger partial charge on any atom is -0.206 e. The van der Waals surface area contributed by atoms with E-state index in [0.717, 1.165) is 6.42 Å². The fraction of sp³-hybridized carbons (Fsp3) is 0.167. The van der Waals surface area contributed by atoms with Crippen molar-refractivity contribution in [3.63, 3.8) is 0 Å². The zero-order chi connectivity index (χ0) is 8.85. The van der Waals surface area contributed by atoms with Crippen molar-refractivity contribution in [2.75, 3.05) is 0 Å². The van der Waals surface area contributed by atoms with Crippen LogP contribution in [-0.2, 0) is 0 Å². The Morgan fingerprint density at radius 1 is 1.27 bits per heavy atom. The molecule has 0 nitrogen and oxygen atoms in total. The molecule has 5 heteroatoms. The third-order valence-corrected chi connectivity index (χ3v) is 2.49. The summed E-state index contributed by atoms with van der Waals surface area (Å²) in [6.07, 6.45) is -1.40. The first-order valence-corrected chi connectivity index (χ1v) is 4.27. The molecule has 0 N–H and O–H groups in total. The van der Waals surface area contributed by atoms with E-state index < -0.39 is 11.9 Å². The lowest BCUT2D eigenvalue weighted by molar-refractivity contribution is 0.382. The lowest BCUT2D eigenvalue weighted by Crippen LogP contribution is -1.79. The number of hydrogen-bond donors (Lipinski definition) is 0. The van der Waals surface area contributed by atoms with Crippen LogP contribution in [0.25, 0.3) is 0 Å². The minimum atomic E-state index is -2.29. The van der Waals surface area contributed by atoms with Gasteiger partial charge in [-0.3, -0.25) is 0 Å². The topological polar surface area (TPSA) is 0 Å². The Morgan fingerprint density at radius 2 is 1.82 bits per heavy atom. The SMILES string of the molecule is FC(F)=C(F)[CH]CC(Br)=CBr. The second-order valence-corrected chi connectivity index (χ2v) is 3.05. The quantitative estimate of drug-likeness (QED) is 0.728. The van der Waals surface area contributed by atoms with Crippen LogP contribution in [0.4, 0.5) is 13.2 Å². The van der Waals surface area contributed by atoms with Crippen molar-refractivity contribution in [1.82, 2.24) is 0 Å². The van der Waals surface area contributed by atoms with E-state index in [2.05, 4.69) is 31.9 Å². The first kappa shape index (κ1) is 11.2. The predicted molar refractivity (Wildman–Crippen MR) is 45.2 cm³/mol. The maximum absolute atomic E-state index is 12.0. The van der Waals surface area contributed by atoms with E-state index >= 15 is 0 Å². The lowest BCUT2D eigenvalue weighted by atomic mass is 10.3. The standard InChI is InChI=1S/C6H4Br2F3/c7-3-4(8)1-2-5(9)6(10)11/h2-3H,1H2. The second kappa shape index (κ2) is 5.83. The van der Waals surface area contributed by atoms with Crippen molar-refractivity contribution in [2.45, 2.75) is 6.42 Å². The van der Waals surface area contributed by atoms with Gasteiger partial charge in [0.1, 0.15) is 0 Å². The Kier molecular flexibility index (Phi) is 5.95. The highest BCUT2D eigenvalue weighted by Crippen LogP contribution is 2.20. The maximum atomic E-state index is 12.0. The summed E-state index contributed by atoms with van der Waals surface area (Å²) in [7, 11) is 0. The van der Waals surface area contributed by atoms with Crippen molar-refractivity contribution < 1.29 is 13.2 Å². The number of halogens is 5. The Labute approximate surface area is 79.4 Å². The van der Waals surface area contributed by atoms with E-state index in [0.29, 0.717) is 4.48 Å². The summed E-state index contributed by atoms with van der Waals surface area (Å²) in [4.78, 5) is 1.48. The Morgan fingerprint density at radius 3 is 2.18 bits per heavy atom. The average Bonchev–Trinajstić information content (AvgIpc) is 1.99. The zero-order valence-electron chi connectivity index (χ0n) is 5.25. The molecule has 0 spiro atoms. The van der Waals surface area contributed by atoms with Gasteiger partial charge in [-0.1, -0.05) is 31.9 Å². The van der Waals surface area contributed by atoms with Crippen LogP contribution in [0.15, 0.2) is 21.4 Å². The first-order valence-electron chi connectivity index (χ1n) is 2.56. The second-order valence-electron chi connectivity index (χ2n) is 1.57. The molecule has 0 unspecified atom stereocenters. The van der Waals surface area contributed by atoms with E-state index in [-0.39, 0.29) is 6.42 Å². The minimum absolute atomic E-state index is 0.106. The van der Waals surface area contributed by atoms with Gasteiger partial charge in [0.25, 0.3) is 0 Å². The van der Waals surface area contributed by atoms with Gasteiger partial charge in [0.15, 0.2) is 5.83 Å². The average molecular weight is 293 g/mol. The highest BCUT2D eigenvalue weighted by Gasteiger charge is 2.05. The van der Waals surface area contributed by atoms with E-state index in [4.69, 9.17) is 0 Å². The summed E-state index contributed by atoms with van der Waals surface area (Å²) < 4.78 is 35.4. The van der Waals surface area contributed by atoms with Crippen LogP contribution < -0.4 is 0 Å². The van der Waals surface area contributed by atoms with E-state index in [1.807, 2.05) is 0 Å². The predicted octanol–water partition coefficient (Wildman–Crippen LogP) is 4.29. The molecular weight excluding hydrogens is 289 g/mol. The normalized spacial score (nSPS) is 11.5. The fourth-order valence-corrected chi connectivity index (χ4v) is 0.658. The van der Waals surface area contributed by atoms with Crippen molar-refractivity contribution in [3.8, 4) is 0 Å². The zero-order valence-corrected chi connectivity index (χ0v) is 8.42. The Balaban J connectivity index is 3.82. The summed E-state index contributed by atoms with van der Waals surface area (Å²) >= 11 is 5.95. The van der Waals surface area contributed by atoms with Gasteiger partial charge in [-0.2, -0.15) is 8.78 Å². The molecule has 0 aromatic carbocycles. The molecule has 0 aromatic rings. The molecule has 0 bridgehead atoms. The molecule has 0 aliphatic heterocycles. The third kappa shape index (κ3) is 5.49. The van der Waals surface area contributed by atoms with Crippen molar-refractivity contribution in [3.05, 3.63) is 27.8 Å². The molecule has 0 heterocycles. The Hall–Kier alpha value is 0.230. The van der Waals surface area contributed by atoms with E-state index in [1.54, 1.807) is 0 Å². The summed E-state index contributed by atoms with van der Waals surface area (Å²) in [5, 5.41) is 0. The van der Waals surface area contributed by atoms with E-state index in [9.17, 15) is 13.2 Å². The molecule has 0 rings (SSSR count). The summed E-state index contributed by atoms with van der Waals surface area (Å²) in [5.74, 6) is -1.48. The van der Waals surface area contributed by atoms with Gasteiger partial charge in [-0.15, -0.1) is 0 Å². The molecule has 0 amide bonds. The smallest absolute Gasteiger partial charge is 0.206 e. The Bertz CT molecular complexity index is 182. The molecule has 1 radical (unpaired) electrons. The molecule has 0 atom stereocenters. The largest absolute Gasteiger partial charge is 0.301 e. The van der Waals surface area contributed by atoms with Gasteiger partial charge in [-0.05, 0) is 11.4 Å².